The third-order valence-corrected chi connectivity index (χ3v) is 5.42. The van der Waals surface area contributed by atoms with Gasteiger partial charge in [-0.1, -0.05) is 0 Å². The number of nitrogens with zero attached hydrogens (tertiary/aromatic N) is 3. The Labute approximate surface area is 137 Å². The molecule has 2 aromatic heterocycles. The molecule has 1 saturated heterocycles. The zero-order chi connectivity index (χ0) is 15.4. The van der Waals surface area contributed by atoms with Gasteiger partial charge in [0.05, 0.1) is 13.1 Å². The second-order valence-electron chi connectivity index (χ2n) is 5.39. The second-order valence-corrected chi connectivity index (χ2v) is 7.10. The first kappa shape index (κ1) is 15.2. The van der Waals surface area contributed by atoms with Crippen LogP contribution < -0.4 is 10.2 Å². The average molecular weight is 332 g/mol. The van der Waals surface area contributed by atoms with Gasteiger partial charge in [-0.2, -0.15) is 5.26 Å². The van der Waals surface area contributed by atoms with E-state index in [-0.39, 0.29) is 0 Å². The van der Waals surface area contributed by atoms with Crippen molar-refractivity contribution in [1.29, 1.82) is 5.26 Å². The summed E-state index contributed by atoms with van der Waals surface area (Å²) in [5.74, 6) is 0. The van der Waals surface area contributed by atoms with Gasteiger partial charge in [-0.15, -0.1) is 22.7 Å². The van der Waals surface area contributed by atoms with Crippen LogP contribution >= 0.6 is 22.7 Å². The lowest BCUT2D eigenvalue weighted by Crippen LogP contribution is -3.08. The van der Waals surface area contributed by atoms with E-state index in [0.717, 1.165) is 28.1 Å². The molecule has 0 unspecified atom stereocenters. The van der Waals surface area contributed by atoms with Crippen LogP contribution in [0.15, 0.2) is 17.0 Å². The van der Waals surface area contributed by atoms with E-state index in [0.29, 0.717) is 5.57 Å². The molecule has 2 aromatic rings. The van der Waals surface area contributed by atoms with E-state index in [1.54, 1.807) is 22.4 Å². The third kappa shape index (κ3) is 3.71. The first-order valence-electron chi connectivity index (χ1n) is 7.32. The van der Waals surface area contributed by atoms with E-state index in [1.807, 2.05) is 12.3 Å². The molecule has 0 atom stereocenters. The quantitative estimate of drug-likeness (QED) is 0.823. The van der Waals surface area contributed by atoms with E-state index >= 15 is 0 Å². The van der Waals surface area contributed by atoms with Gasteiger partial charge in [-0.05, 0) is 6.92 Å². The summed E-state index contributed by atoms with van der Waals surface area (Å²) in [6.07, 6.45) is 4.35. The zero-order valence-corrected chi connectivity index (χ0v) is 14.1. The van der Waals surface area contributed by atoms with Crippen molar-refractivity contribution in [3.63, 3.8) is 0 Å². The fourth-order valence-electron chi connectivity index (χ4n) is 2.52. The second kappa shape index (κ2) is 7.01. The largest absolute Gasteiger partial charge is 0.337 e. The molecule has 0 radical (unpaired) electrons. The number of likely N-dealkylation sites (tertiary alicyclic amines) is 1. The topological polar surface area (TPSA) is 66.0 Å². The molecule has 7 heteroatoms. The van der Waals surface area contributed by atoms with Gasteiger partial charge < -0.3 is 10.2 Å². The van der Waals surface area contributed by atoms with Gasteiger partial charge in [0.1, 0.15) is 28.9 Å². The van der Waals surface area contributed by atoms with Crippen molar-refractivity contribution in [3.8, 4) is 6.07 Å². The Morgan fingerprint density at radius 3 is 2.86 bits per heavy atom. The number of aromatic nitrogens is 2. The van der Waals surface area contributed by atoms with Crippen LogP contribution in [0.3, 0.4) is 0 Å². The number of aryl methyl sites for hydroxylation is 1. The molecule has 0 aromatic carbocycles. The van der Waals surface area contributed by atoms with Crippen molar-refractivity contribution < 1.29 is 4.90 Å². The fourth-order valence-corrected chi connectivity index (χ4v) is 3.96. The highest BCUT2D eigenvalue weighted by Crippen LogP contribution is 2.20. The van der Waals surface area contributed by atoms with Gasteiger partial charge in [0.15, 0.2) is 5.13 Å². The maximum Gasteiger partial charge on any atom is 0.187 e. The molecular formula is C15H18N5S2+. The predicted octanol–water partition coefficient (Wildman–Crippen LogP) is 2.06. The van der Waals surface area contributed by atoms with Gasteiger partial charge in [-0.25, -0.2) is 9.97 Å². The third-order valence-electron chi connectivity index (χ3n) is 3.60. The molecule has 0 saturated carbocycles. The van der Waals surface area contributed by atoms with Crippen molar-refractivity contribution in [2.24, 2.45) is 0 Å². The molecule has 0 aliphatic carbocycles. The molecule has 1 aliphatic heterocycles. The Morgan fingerprint density at radius 2 is 2.18 bits per heavy atom. The normalized spacial score (nSPS) is 15.9. The van der Waals surface area contributed by atoms with Crippen molar-refractivity contribution in [1.82, 2.24) is 9.97 Å². The van der Waals surface area contributed by atoms with E-state index in [9.17, 15) is 5.26 Å². The number of anilines is 1. The molecule has 5 nitrogen and oxygen atoms in total. The average Bonchev–Trinajstić information content (AvgIpc) is 3.24. The Bertz CT molecular complexity index is 704. The van der Waals surface area contributed by atoms with E-state index in [1.165, 1.54) is 37.3 Å². The lowest BCUT2D eigenvalue weighted by molar-refractivity contribution is -0.901. The predicted molar refractivity (Wildman–Crippen MR) is 89.8 cm³/mol. The summed E-state index contributed by atoms with van der Waals surface area (Å²) in [5, 5.41) is 18.0. The zero-order valence-electron chi connectivity index (χ0n) is 12.4. The van der Waals surface area contributed by atoms with Crippen molar-refractivity contribution >= 4 is 33.4 Å². The van der Waals surface area contributed by atoms with Gasteiger partial charge >= 0.3 is 0 Å². The minimum absolute atomic E-state index is 0.542. The number of allylic oxidation sites excluding steroid dienone is 1. The Hall–Kier alpha value is -1.75. The van der Waals surface area contributed by atoms with Crippen molar-refractivity contribution in [2.75, 3.05) is 18.4 Å². The van der Waals surface area contributed by atoms with Gasteiger partial charge in [0.25, 0.3) is 0 Å². The van der Waals surface area contributed by atoms with Crippen molar-refractivity contribution in [2.45, 2.75) is 26.3 Å². The first-order valence-corrected chi connectivity index (χ1v) is 9.08. The summed E-state index contributed by atoms with van der Waals surface area (Å²) in [7, 11) is 0. The number of thiazole rings is 2. The van der Waals surface area contributed by atoms with Crippen LogP contribution in [0.25, 0.3) is 5.57 Å². The van der Waals surface area contributed by atoms with Crippen molar-refractivity contribution in [3.05, 3.63) is 33.4 Å². The highest BCUT2D eigenvalue weighted by molar-refractivity contribution is 7.13. The van der Waals surface area contributed by atoms with Gasteiger partial charge in [0.2, 0.25) is 0 Å². The molecule has 0 amide bonds. The maximum atomic E-state index is 9.25. The monoisotopic (exact) mass is 332 g/mol. The summed E-state index contributed by atoms with van der Waals surface area (Å²) >= 11 is 3.06. The number of quaternary nitrogens is 1. The maximum absolute atomic E-state index is 9.25. The van der Waals surface area contributed by atoms with Crippen LogP contribution in [0.5, 0.6) is 0 Å². The van der Waals surface area contributed by atoms with E-state index in [2.05, 4.69) is 26.7 Å². The minimum Gasteiger partial charge on any atom is -0.337 e. The minimum atomic E-state index is 0.542. The van der Waals surface area contributed by atoms with E-state index in [4.69, 9.17) is 0 Å². The molecule has 3 heterocycles. The molecular weight excluding hydrogens is 314 g/mol. The van der Waals surface area contributed by atoms with Crippen LogP contribution in [-0.4, -0.2) is 23.1 Å². The summed E-state index contributed by atoms with van der Waals surface area (Å²) in [5.41, 5.74) is 2.60. The smallest absolute Gasteiger partial charge is 0.187 e. The molecule has 2 N–H and O–H groups in total. The molecule has 1 fully saturated rings. The molecule has 114 valence electrons. The highest BCUT2D eigenvalue weighted by atomic mass is 32.1. The first-order chi connectivity index (χ1) is 10.7. The Kier molecular flexibility index (Phi) is 4.83. The van der Waals surface area contributed by atoms with Crippen LogP contribution in [0, 0.1) is 18.3 Å². The SMILES string of the molecule is Cc1csc(/C(C#N)=C/Nc2nc(C[NH+]3CCCC3)cs2)n1. The van der Waals surface area contributed by atoms with Crippen LogP contribution in [0.4, 0.5) is 5.13 Å². The Morgan fingerprint density at radius 1 is 1.36 bits per heavy atom. The molecule has 0 spiro atoms. The Balaban J connectivity index is 1.64. The molecule has 3 rings (SSSR count). The van der Waals surface area contributed by atoms with Crippen LogP contribution in [0.1, 0.15) is 29.2 Å². The molecule has 1 aliphatic rings. The summed E-state index contributed by atoms with van der Waals surface area (Å²) in [6, 6.07) is 2.19. The summed E-state index contributed by atoms with van der Waals surface area (Å²) < 4.78 is 0. The summed E-state index contributed by atoms with van der Waals surface area (Å²) in [4.78, 5) is 10.5. The summed E-state index contributed by atoms with van der Waals surface area (Å²) in [6.45, 7) is 5.43. The standard InChI is InChI=1S/C15H17N5S2/c1-11-9-21-14(18-11)12(6-16)7-17-15-19-13(10-22-15)8-20-4-2-3-5-20/h7,9-10H,2-5,8H2,1H3,(H,17,19)/p+1/b12-7+. The number of hydrogen-bond donors (Lipinski definition) is 2. The molecule has 0 bridgehead atoms. The highest BCUT2D eigenvalue weighted by Gasteiger charge is 2.17. The fraction of sp³-hybridized carbons (Fsp3) is 0.400. The van der Waals surface area contributed by atoms with E-state index < -0.39 is 0 Å². The van der Waals surface area contributed by atoms with Gasteiger partial charge in [0, 0.05) is 35.5 Å². The molecule has 22 heavy (non-hydrogen) atoms. The number of hydrogen-bond acceptors (Lipinski definition) is 6. The number of nitrogens with one attached hydrogen (secondary N) is 2. The van der Waals surface area contributed by atoms with Crippen LogP contribution in [-0.2, 0) is 6.54 Å². The number of nitriles is 1. The lowest BCUT2D eigenvalue weighted by atomic mass is 10.3. The number of rotatable bonds is 5. The van der Waals surface area contributed by atoms with Gasteiger partial charge in [-0.3, -0.25) is 0 Å². The van der Waals surface area contributed by atoms with Crippen LogP contribution in [0.2, 0.25) is 0 Å². The lowest BCUT2D eigenvalue weighted by Gasteiger charge is -2.09.